The van der Waals surface area contributed by atoms with E-state index in [0.29, 0.717) is 17.8 Å². The maximum atomic E-state index is 5.91. The van der Waals surface area contributed by atoms with Gasteiger partial charge in [0.2, 0.25) is 0 Å². The highest BCUT2D eigenvalue weighted by molar-refractivity contribution is 5.70. The van der Waals surface area contributed by atoms with Crippen LogP contribution in [0.4, 0.5) is 0 Å². The molecule has 3 rings (SSSR count). The van der Waals surface area contributed by atoms with Crippen LogP contribution in [0, 0.1) is 0 Å². The molecule has 0 aliphatic rings. The molecule has 0 saturated heterocycles. The second-order valence-corrected chi connectivity index (χ2v) is 5.65. The van der Waals surface area contributed by atoms with Gasteiger partial charge in [-0.3, -0.25) is 0 Å². The van der Waals surface area contributed by atoms with Crippen LogP contribution in [0.5, 0.6) is 5.75 Å². The summed E-state index contributed by atoms with van der Waals surface area (Å²) in [5.74, 6) is 1.97. The van der Waals surface area contributed by atoms with Crippen molar-refractivity contribution in [3.05, 3.63) is 66.3 Å². The van der Waals surface area contributed by atoms with E-state index in [9.17, 15) is 0 Å². The van der Waals surface area contributed by atoms with Crippen LogP contribution in [0.2, 0.25) is 0 Å². The van der Waals surface area contributed by atoms with Gasteiger partial charge >= 0.3 is 0 Å². The Morgan fingerprint density at radius 2 is 1.83 bits per heavy atom. The van der Waals surface area contributed by atoms with Crippen molar-refractivity contribution >= 4 is 0 Å². The fourth-order valence-electron chi connectivity index (χ4n) is 2.40. The second-order valence-electron chi connectivity index (χ2n) is 5.65. The van der Waals surface area contributed by atoms with E-state index in [1.165, 1.54) is 0 Å². The Hall–Kier alpha value is -2.66. The van der Waals surface area contributed by atoms with Crippen molar-refractivity contribution in [1.82, 2.24) is 15.5 Å². The summed E-state index contributed by atoms with van der Waals surface area (Å²) in [7, 11) is 1.91. The number of hydrogen-bond acceptors (Lipinski definition) is 5. The van der Waals surface area contributed by atoms with Gasteiger partial charge in [-0.2, -0.15) is 4.98 Å². The van der Waals surface area contributed by atoms with E-state index < -0.39 is 0 Å². The summed E-state index contributed by atoms with van der Waals surface area (Å²) in [6.45, 7) is 2.33. The van der Waals surface area contributed by atoms with Crippen molar-refractivity contribution in [2.75, 3.05) is 7.05 Å². The van der Waals surface area contributed by atoms with Gasteiger partial charge in [-0.15, -0.1) is 0 Å². The molecule has 0 radical (unpaired) electrons. The van der Waals surface area contributed by atoms with E-state index in [2.05, 4.69) is 34.5 Å². The van der Waals surface area contributed by atoms with E-state index in [0.717, 1.165) is 23.3 Å². The maximum Gasteiger partial charge on any atom is 0.264 e. The number of benzene rings is 2. The van der Waals surface area contributed by atoms with Crippen molar-refractivity contribution in [1.29, 1.82) is 0 Å². The number of ether oxygens (including phenoxy) is 1. The van der Waals surface area contributed by atoms with Gasteiger partial charge in [-0.25, -0.2) is 0 Å². The zero-order valence-electron chi connectivity index (χ0n) is 13.9. The molecule has 3 aromatic rings. The largest absolute Gasteiger partial charge is 0.483 e. The predicted octanol–water partition coefficient (Wildman–Crippen LogP) is 3.47. The molecule has 124 valence electrons. The first-order valence-corrected chi connectivity index (χ1v) is 8.02. The van der Waals surface area contributed by atoms with Crippen LogP contribution in [0.25, 0.3) is 11.1 Å². The molecule has 1 heterocycles. The molecule has 0 saturated carbocycles. The lowest BCUT2D eigenvalue weighted by atomic mass is 10.1. The first-order chi connectivity index (χ1) is 11.8. The molecule has 0 fully saturated rings. The van der Waals surface area contributed by atoms with Gasteiger partial charge in [0, 0.05) is 18.0 Å². The zero-order valence-corrected chi connectivity index (χ0v) is 13.9. The Labute approximate surface area is 141 Å². The number of rotatable bonds is 7. The van der Waals surface area contributed by atoms with Crippen LogP contribution in [0.1, 0.15) is 18.6 Å². The van der Waals surface area contributed by atoms with Gasteiger partial charge in [0.05, 0.1) is 0 Å². The molecule has 0 amide bonds. The summed E-state index contributed by atoms with van der Waals surface area (Å²) in [6.07, 6.45) is 0.723. The summed E-state index contributed by atoms with van der Waals surface area (Å²) in [5.41, 5.74) is 2.16. The average molecular weight is 323 g/mol. The zero-order chi connectivity index (χ0) is 16.8. The smallest absolute Gasteiger partial charge is 0.264 e. The van der Waals surface area contributed by atoms with Gasteiger partial charge in [0.25, 0.3) is 5.89 Å². The summed E-state index contributed by atoms with van der Waals surface area (Å²) >= 11 is 0. The van der Waals surface area contributed by atoms with Crippen molar-refractivity contribution in [3.63, 3.8) is 0 Å². The number of para-hydroxylation sites is 1. The third kappa shape index (κ3) is 4.00. The molecule has 1 aromatic heterocycles. The van der Waals surface area contributed by atoms with Crippen LogP contribution in [-0.2, 0) is 13.0 Å². The number of nitrogens with zero attached hydrogens (tertiary/aromatic N) is 2. The van der Waals surface area contributed by atoms with Gasteiger partial charge < -0.3 is 14.6 Å². The lowest BCUT2D eigenvalue weighted by Crippen LogP contribution is -2.24. The third-order valence-corrected chi connectivity index (χ3v) is 3.81. The van der Waals surface area contributed by atoms with Crippen molar-refractivity contribution in [3.8, 4) is 16.9 Å². The minimum absolute atomic E-state index is 0.255. The highest BCUT2D eigenvalue weighted by Gasteiger charge is 2.11. The summed E-state index contributed by atoms with van der Waals surface area (Å²) in [4.78, 5) is 4.37. The molecule has 1 N–H and O–H groups in total. The number of aromatic nitrogens is 2. The summed E-state index contributed by atoms with van der Waals surface area (Å²) in [6, 6.07) is 18.4. The number of likely N-dealkylation sites (N-methyl/N-ethyl adjacent to an activating group) is 1. The van der Waals surface area contributed by atoms with Crippen LogP contribution in [-0.4, -0.2) is 23.2 Å². The first-order valence-electron chi connectivity index (χ1n) is 8.02. The van der Waals surface area contributed by atoms with Crippen molar-refractivity contribution in [2.45, 2.75) is 26.0 Å². The van der Waals surface area contributed by atoms with E-state index in [1.54, 1.807) is 0 Å². The maximum absolute atomic E-state index is 5.91. The molecule has 0 spiro atoms. The predicted molar refractivity (Wildman–Crippen MR) is 92.7 cm³/mol. The molecular formula is C19H21N3O2. The molecule has 0 bridgehead atoms. The Kier molecular flexibility index (Phi) is 5.23. The Balaban J connectivity index is 1.69. The molecule has 1 atom stereocenters. The van der Waals surface area contributed by atoms with Crippen LogP contribution in [0.15, 0.2) is 59.1 Å². The van der Waals surface area contributed by atoms with Gasteiger partial charge in [0.1, 0.15) is 5.75 Å². The van der Waals surface area contributed by atoms with E-state index >= 15 is 0 Å². The lowest BCUT2D eigenvalue weighted by molar-refractivity contribution is 0.243. The molecule has 1 unspecified atom stereocenters. The van der Waals surface area contributed by atoms with Crippen molar-refractivity contribution in [2.24, 2.45) is 0 Å². The molecule has 0 aliphatic carbocycles. The Morgan fingerprint density at radius 3 is 2.62 bits per heavy atom. The minimum atomic E-state index is 0.255. The summed E-state index contributed by atoms with van der Waals surface area (Å²) in [5, 5.41) is 7.14. The monoisotopic (exact) mass is 323 g/mol. The fraction of sp³-hybridized carbons (Fsp3) is 0.263. The molecule has 0 aliphatic heterocycles. The van der Waals surface area contributed by atoms with E-state index in [-0.39, 0.29) is 6.61 Å². The first kappa shape index (κ1) is 16.2. The molecule has 5 nitrogen and oxygen atoms in total. The quantitative estimate of drug-likeness (QED) is 0.721. The average Bonchev–Trinajstić information content (AvgIpc) is 3.08. The fourth-order valence-corrected chi connectivity index (χ4v) is 2.40. The minimum Gasteiger partial charge on any atom is -0.483 e. The van der Waals surface area contributed by atoms with Crippen molar-refractivity contribution < 1.29 is 9.26 Å². The number of nitrogens with one attached hydrogen (secondary N) is 1. The highest BCUT2D eigenvalue weighted by atomic mass is 16.5. The Bertz CT molecular complexity index is 771. The summed E-state index contributed by atoms with van der Waals surface area (Å²) < 4.78 is 11.2. The molecule has 2 aromatic carbocycles. The normalized spacial score (nSPS) is 12.1. The highest BCUT2D eigenvalue weighted by Crippen LogP contribution is 2.29. The second kappa shape index (κ2) is 7.75. The van der Waals surface area contributed by atoms with Crippen LogP contribution >= 0.6 is 0 Å². The molecular weight excluding hydrogens is 302 g/mol. The van der Waals surface area contributed by atoms with Gasteiger partial charge in [-0.05, 0) is 25.6 Å². The third-order valence-electron chi connectivity index (χ3n) is 3.81. The SMILES string of the molecule is CNC(C)Cc1noc(COc2ccccc2-c2ccccc2)n1. The van der Waals surface area contributed by atoms with Gasteiger partial charge in [-0.1, -0.05) is 53.7 Å². The van der Waals surface area contributed by atoms with Crippen LogP contribution < -0.4 is 10.1 Å². The topological polar surface area (TPSA) is 60.2 Å². The van der Waals surface area contributed by atoms with E-state index in [4.69, 9.17) is 9.26 Å². The van der Waals surface area contributed by atoms with Crippen LogP contribution in [0.3, 0.4) is 0 Å². The standard InChI is InChI=1S/C19H21N3O2/c1-14(20-2)12-18-21-19(24-22-18)13-23-17-11-7-6-10-16(17)15-8-4-3-5-9-15/h3-11,14,20H,12-13H2,1-2H3. The van der Waals surface area contributed by atoms with E-state index in [1.807, 2.05) is 49.5 Å². The lowest BCUT2D eigenvalue weighted by Gasteiger charge is -2.10. The Morgan fingerprint density at radius 1 is 1.08 bits per heavy atom. The number of hydrogen-bond donors (Lipinski definition) is 1. The molecule has 24 heavy (non-hydrogen) atoms. The molecule has 5 heteroatoms. The van der Waals surface area contributed by atoms with Gasteiger partial charge in [0.15, 0.2) is 12.4 Å².